The highest BCUT2D eigenvalue weighted by molar-refractivity contribution is 7.59. The van der Waals surface area contributed by atoms with Gasteiger partial charge in [0.1, 0.15) is 0 Å². The Labute approximate surface area is 177 Å². The molecule has 0 fully saturated rings. The van der Waals surface area contributed by atoms with Crippen LogP contribution in [0.4, 0.5) is 0 Å². The minimum absolute atomic E-state index is 0.0365. The molecule has 5 unspecified atom stereocenters. The Morgan fingerprint density at radius 2 is 1.45 bits per heavy atom. The van der Waals surface area contributed by atoms with Crippen LogP contribution in [-0.2, 0) is 13.9 Å². The third-order valence-corrected chi connectivity index (χ3v) is 8.23. The van der Waals surface area contributed by atoms with Crippen LogP contribution in [0.25, 0.3) is 0 Å². The smallest absolute Gasteiger partial charge is 0.306 e. The Morgan fingerprint density at radius 3 is 1.76 bits per heavy atom. The van der Waals surface area contributed by atoms with Gasteiger partial charge in [-0.3, -0.25) is 9.36 Å². The topological polar surface area (TPSA) is 104 Å². The van der Waals surface area contributed by atoms with Crippen LogP contribution < -0.4 is 0 Å². The third-order valence-electron chi connectivity index (χ3n) is 5.26. The highest BCUT2D eigenvalue weighted by atomic mass is 31.2. The van der Waals surface area contributed by atoms with E-state index in [0.717, 1.165) is 0 Å². The zero-order valence-electron chi connectivity index (χ0n) is 20.2. The van der Waals surface area contributed by atoms with E-state index in [9.17, 15) is 24.7 Å². The second-order valence-corrected chi connectivity index (χ2v) is 14.1. The van der Waals surface area contributed by atoms with Gasteiger partial charge in [0.15, 0.2) is 0 Å². The number of carboxylic acids is 1. The lowest BCUT2D eigenvalue weighted by Gasteiger charge is -2.45. The molecule has 3 N–H and O–H groups in total. The fraction of sp³-hybridized carbons (Fsp3) is 0.955. The number of carbonyl (C=O) groups is 1. The summed E-state index contributed by atoms with van der Waals surface area (Å²) in [7, 11) is -3.40. The average molecular weight is 437 g/mol. The van der Waals surface area contributed by atoms with E-state index in [4.69, 9.17) is 4.52 Å². The molecule has 174 valence electrons. The third kappa shape index (κ3) is 9.95. The first-order valence-corrected chi connectivity index (χ1v) is 12.5. The summed E-state index contributed by atoms with van der Waals surface area (Å²) in [6, 6.07) is 0. The number of aliphatic hydroxyl groups excluding tert-OH is 2. The molecule has 0 amide bonds. The van der Waals surface area contributed by atoms with E-state index < -0.39 is 42.3 Å². The molecule has 0 aromatic carbocycles. The summed E-state index contributed by atoms with van der Waals surface area (Å²) in [5.41, 5.74) is -1.42. The molecular formula is C22H45O6P. The van der Waals surface area contributed by atoms with Crippen molar-refractivity contribution in [2.45, 2.75) is 87.4 Å². The van der Waals surface area contributed by atoms with E-state index in [2.05, 4.69) is 0 Å². The van der Waals surface area contributed by atoms with Gasteiger partial charge in [-0.25, -0.2) is 0 Å². The minimum Gasteiger partial charge on any atom is -0.481 e. The van der Waals surface area contributed by atoms with Crippen molar-refractivity contribution in [3.63, 3.8) is 0 Å². The molecule has 7 heteroatoms. The molecule has 0 rings (SSSR count). The number of rotatable bonds is 10. The zero-order valence-corrected chi connectivity index (χ0v) is 21.0. The Bertz CT molecular complexity index is 567. The summed E-state index contributed by atoms with van der Waals surface area (Å²) in [4.78, 5) is 11.5. The molecule has 0 aliphatic rings. The van der Waals surface area contributed by atoms with Crippen molar-refractivity contribution < 1.29 is 29.2 Å². The van der Waals surface area contributed by atoms with Gasteiger partial charge in [0, 0.05) is 18.9 Å². The standard InChI is InChI=1S/C22H45O6P/c1-15(19(25)26)13-29(27,28-22(8,9)10)14-16(18(24)21(5,6)7)17(11-12-23)20(2,3)4/h15-18,23-24H,11-14H2,1-10H3,(H,25,26). The van der Waals surface area contributed by atoms with Crippen LogP contribution >= 0.6 is 7.37 Å². The van der Waals surface area contributed by atoms with Gasteiger partial charge >= 0.3 is 5.97 Å². The van der Waals surface area contributed by atoms with Crippen molar-refractivity contribution in [2.75, 3.05) is 18.9 Å². The monoisotopic (exact) mass is 436 g/mol. The number of carboxylic acid groups (broad SMARTS) is 1. The summed E-state index contributed by atoms with van der Waals surface area (Å²) < 4.78 is 20.0. The predicted octanol–water partition coefficient (Wildman–Crippen LogP) is 4.87. The number of hydrogen-bond donors (Lipinski definition) is 3. The van der Waals surface area contributed by atoms with E-state index in [1.165, 1.54) is 6.92 Å². The van der Waals surface area contributed by atoms with Gasteiger partial charge < -0.3 is 19.8 Å². The Hall–Kier alpha value is -0.420. The molecular weight excluding hydrogens is 391 g/mol. The van der Waals surface area contributed by atoms with Gasteiger partial charge in [-0.05, 0) is 49.9 Å². The molecule has 0 aliphatic heterocycles. The molecule has 0 aromatic rings. The molecule has 6 nitrogen and oxygen atoms in total. The van der Waals surface area contributed by atoms with Crippen molar-refractivity contribution in [3.8, 4) is 0 Å². The fourth-order valence-corrected chi connectivity index (χ4v) is 7.37. The molecule has 29 heavy (non-hydrogen) atoms. The summed E-state index contributed by atoms with van der Waals surface area (Å²) in [5.74, 6) is -2.35. The second-order valence-electron chi connectivity index (χ2n) is 11.6. The average Bonchev–Trinajstić information content (AvgIpc) is 2.45. The van der Waals surface area contributed by atoms with Gasteiger partial charge in [-0.1, -0.05) is 48.5 Å². The molecule has 0 saturated carbocycles. The van der Waals surface area contributed by atoms with E-state index in [-0.39, 0.29) is 30.3 Å². The van der Waals surface area contributed by atoms with Gasteiger partial charge in [0.25, 0.3) is 0 Å². The largest absolute Gasteiger partial charge is 0.481 e. The molecule has 0 heterocycles. The van der Waals surface area contributed by atoms with Crippen LogP contribution in [0, 0.1) is 28.6 Å². The highest BCUT2D eigenvalue weighted by Crippen LogP contribution is 2.56. The quantitative estimate of drug-likeness (QED) is 0.422. The molecule has 5 atom stereocenters. The van der Waals surface area contributed by atoms with E-state index in [1.54, 1.807) is 20.8 Å². The molecule has 0 spiro atoms. The van der Waals surface area contributed by atoms with Crippen LogP contribution in [-0.4, -0.2) is 51.9 Å². The lowest BCUT2D eigenvalue weighted by Crippen LogP contribution is -2.44. The lowest BCUT2D eigenvalue weighted by molar-refractivity contribution is -0.140. The van der Waals surface area contributed by atoms with Crippen molar-refractivity contribution in [1.29, 1.82) is 0 Å². The van der Waals surface area contributed by atoms with E-state index in [0.29, 0.717) is 6.42 Å². The number of aliphatic hydroxyl groups is 2. The summed E-state index contributed by atoms with van der Waals surface area (Å²) in [6.07, 6.45) is -0.313. The first kappa shape index (κ1) is 28.6. The first-order chi connectivity index (χ1) is 12.7. The van der Waals surface area contributed by atoms with Crippen LogP contribution in [0.1, 0.15) is 75.7 Å². The number of hydrogen-bond acceptors (Lipinski definition) is 5. The Balaban J connectivity index is 6.28. The summed E-state index contributed by atoms with van der Waals surface area (Å²) in [6.45, 7) is 18.8. The zero-order chi connectivity index (χ0) is 23.4. The van der Waals surface area contributed by atoms with Crippen LogP contribution in [0.3, 0.4) is 0 Å². The van der Waals surface area contributed by atoms with Crippen molar-refractivity contribution in [2.24, 2.45) is 28.6 Å². The van der Waals surface area contributed by atoms with Crippen molar-refractivity contribution >= 4 is 13.3 Å². The molecule has 0 aliphatic carbocycles. The molecule has 0 saturated heterocycles. The Morgan fingerprint density at radius 1 is 0.966 bits per heavy atom. The minimum atomic E-state index is -3.40. The van der Waals surface area contributed by atoms with E-state index in [1.807, 2.05) is 41.5 Å². The van der Waals surface area contributed by atoms with Gasteiger partial charge in [0.05, 0.1) is 17.6 Å². The maximum Gasteiger partial charge on any atom is 0.306 e. The van der Waals surface area contributed by atoms with Gasteiger partial charge in [-0.15, -0.1) is 0 Å². The summed E-state index contributed by atoms with van der Waals surface area (Å²) >= 11 is 0. The fourth-order valence-electron chi connectivity index (χ4n) is 3.98. The van der Waals surface area contributed by atoms with Crippen molar-refractivity contribution in [3.05, 3.63) is 0 Å². The van der Waals surface area contributed by atoms with Gasteiger partial charge in [-0.2, -0.15) is 0 Å². The van der Waals surface area contributed by atoms with Crippen LogP contribution in [0.2, 0.25) is 0 Å². The molecule has 0 bridgehead atoms. The second kappa shape index (κ2) is 10.3. The highest BCUT2D eigenvalue weighted by Gasteiger charge is 2.45. The molecule has 0 radical (unpaired) electrons. The van der Waals surface area contributed by atoms with Crippen LogP contribution in [0.5, 0.6) is 0 Å². The van der Waals surface area contributed by atoms with E-state index >= 15 is 0 Å². The van der Waals surface area contributed by atoms with Crippen LogP contribution in [0.15, 0.2) is 0 Å². The van der Waals surface area contributed by atoms with Crippen molar-refractivity contribution in [1.82, 2.24) is 0 Å². The Kier molecular flexibility index (Phi) is 10.1. The van der Waals surface area contributed by atoms with Gasteiger partial charge in [0.2, 0.25) is 7.37 Å². The molecule has 0 aromatic heterocycles. The number of aliphatic carboxylic acids is 1. The maximum absolute atomic E-state index is 14.0. The summed E-state index contributed by atoms with van der Waals surface area (Å²) in [5, 5.41) is 30.3. The normalized spacial score (nSPS) is 19.9. The SMILES string of the molecule is CC(CP(=O)(CC(C(O)C(C)(C)C)C(CCO)C(C)(C)C)OC(C)(C)C)C(=O)O. The first-order valence-electron chi connectivity index (χ1n) is 10.5. The lowest BCUT2D eigenvalue weighted by atomic mass is 9.66. The maximum atomic E-state index is 14.0. The predicted molar refractivity (Wildman–Crippen MR) is 119 cm³/mol.